The number of rotatable bonds is 8. The number of hydrogen-bond donors (Lipinski definition) is 3. The Morgan fingerprint density at radius 3 is 2.73 bits per heavy atom. The Bertz CT molecular complexity index is 803. The highest BCUT2D eigenvalue weighted by molar-refractivity contribution is 7.91. The number of nitrogens with zero attached hydrogens (tertiary/aromatic N) is 2. The van der Waals surface area contributed by atoms with Gasteiger partial charge in [0.25, 0.3) is 0 Å². The molecule has 30 heavy (non-hydrogen) atoms. The van der Waals surface area contributed by atoms with Gasteiger partial charge in [0.1, 0.15) is 5.76 Å². The number of sulfone groups is 1. The second-order valence-corrected chi connectivity index (χ2v) is 10.2. The standard InChI is InChI=1S/C20H33N5O4S/c1-21-20(22-9-7-19(26)24-16-8-13-30(27,28)15-16)23-14-17(18-6-5-12-29-18)25-10-3-2-4-11-25/h5-6,12,16-17H,2-4,7-11,13-15H2,1H3,(H,24,26)(H2,21,22,23). The summed E-state index contributed by atoms with van der Waals surface area (Å²) in [4.78, 5) is 18.8. The van der Waals surface area contributed by atoms with E-state index < -0.39 is 9.84 Å². The average molecular weight is 440 g/mol. The van der Waals surface area contributed by atoms with Gasteiger partial charge in [-0.2, -0.15) is 0 Å². The summed E-state index contributed by atoms with van der Waals surface area (Å²) in [5, 5.41) is 9.30. The fraction of sp³-hybridized carbons (Fsp3) is 0.700. The minimum absolute atomic E-state index is 0.0417. The van der Waals surface area contributed by atoms with Crippen LogP contribution in [0.1, 0.15) is 43.9 Å². The first-order chi connectivity index (χ1) is 14.5. The highest BCUT2D eigenvalue weighted by Gasteiger charge is 2.28. The minimum atomic E-state index is -2.99. The van der Waals surface area contributed by atoms with Crippen LogP contribution in [-0.4, -0.2) is 76.0 Å². The Morgan fingerprint density at radius 1 is 1.30 bits per heavy atom. The smallest absolute Gasteiger partial charge is 0.222 e. The lowest BCUT2D eigenvalue weighted by molar-refractivity contribution is -0.121. The molecule has 2 atom stereocenters. The Morgan fingerprint density at radius 2 is 2.10 bits per heavy atom. The second kappa shape index (κ2) is 10.8. The van der Waals surface area contributed by atoms with Crippen molar-refractivity contribution in [1.29, 1.82) is 0 Å². The zero-order chi connectivity index (χ0) is 21.4. The summed E-state index contributed by atoms with van der Waals surface area (Å²) in [5.74, 6) is 1.60. The number of guanidine groups is 1. The lowest BCUT2D eigenvalue weighted by Gasteiger charge is -2.33. The molecule has 3 heterocycles. The van der Waals surface area contributed by atoms with Crippen LogP contribution in [0.25, 0.3) is 0 Å². The molecule has 3 rings (SSSR count). The molecular weight excluding hydrogens is 406 g/mol. The molecule has 0 radical (unpaired) electrons. The molecule has 0 saturated carbocycles. The molecule has 168 valence electrons. The lowest BCUT2D eigenvalue weighted by atomic mass is 10.1. The molecule has 1 aromatic heterocycles. The van der Waals surface area contributed by atoms with Crippen molar-refractivity contribution in [2.45, 2.75) is 44.2 Å². The predicted octanol–water partition coefficient (Wildman–Crippen LogP) is 0.665. The van der Waals surface area contributed by atoms with Crippen molar-refractivity contribution in [3.8, 4) is 0 Å². The molecule has 3 N–H and O–H groups in total. The number of carbonyl (C=O) groups is 1. The van der Waals surface area contributed by atoms with Crippen molar-refractivity contribution in [2.75, 3.05) is 44.7 Å². The average Bonchev–Trinajstić information content (AvgIpc) is 3.37. The number of likely N-dealkylation sites (tertiary alicyclic amines) is 1. The van der Waals surface area contributed by atoms with Gasteiger partial charge in [-0.15, -0.1) is 0 Å². The summed E-state index contributed by atoms with van der Waals surface area (Å²) in [6.07, 6.45) is 6.12. The second-order valence-electron chi connectivity index (χ2n) is 7.93. The van der Waals surface area contributed by atoms with E-state index in [1.165, 1.54) is 19.3 Å². The Hall–Kier alpha value is -2.07. The van der Waals surface area contributed by atoms with E-state index >= 15 is 0 Å². The van der Waals surface area contributed by atoms with Gasteiger partial charge in [-0.3, -0.25) is 14.7 Å². The summed E-state index contributed by atoms with van der Waals surface area (Å²) in [6, 6.07) is 3.78. The van der Waals surface area contributed by atoms with Gasteiger partial charge < -0.3 is 20.4 Å². The van der Waals surface area contributed by atoms with E-state index in [4.69, 9.17) is 4.42 Å². The van der Waals surface area contributed by atoms with Gasteiger partial charge in [-0.05, 0) is 44.5 Å². The molecule has 0 bridgehead atoms. The minimum Gasteiger partial charge on any atom is -0.468 e. The third-order valence-corrected chi connectivity index (χ3v) is 7.40. The van der Waals surface area contributed by atoms with Gasteiger partial charge in [0.15, 0.2) is 15.8 Å². The molecule has 2 saturated heterocycles. The third kappa shape index (κ3) is 6.73. The van der Waals surface area contributed by atoms with E-state index in [1.807, 2.05) is 12.1 Å². The molecule has 10 heteroatoms. The van der Waals surface area contributed by atoms with Crippen LogP contribution < -0.4 is 16.0 Å². The van der Waals surface area contributed by atoms with Gasteiger partial charge in [0.2, 0.25) is 5.91 Å². The molecule has 9 nitrogen and oxygen atoms in total. The van der Waals surface area contributed by atoms with Crippen LogP contribution in [0.2, 0.25) is 0 Å². The SMILES string of the molecule is CN=C(NCCC(=O)NC1CCS(=O)(=O)C1)NCC(c1ccco1)N1CCCCC1. The third-order valence-electron chi connectivity index (χ3n) is 5.63. The maximum atomic E-state index is 12.1. The van der Waals surface area contributed by atoms with Gasteiger partial charge in [-0.25, -0.2) is 8.42 Å². The molecule has 2 fully saturated rings. The van der Waals surface area contributed by atoms with Crippen molar-refractivity contribution in [2.24, 2.45) is 4.99 Å². The quantitative estimate of drug-likeness (QED) is 0.403. The van der Waals surface area contributed by atoms with Crippen LogP contribution in [0.5, 0.6) is 0 Å². The summed E-state index contributed by atoms with van der Waals surface area (Å²) in [7, 11) is -1.30. The van der Waals surface area contributed by atoms with Crippen LogP contribution in [0.4, 0.5) is 0 Å². The van der Waals surface area contributed by atoms with E-state index in [2.05, 4.69) is 25.8 Å². The molecule has 2 aliphatic heterocycles. The molecule has 2 aliphatic rings. The maximum Gasteiger partial charge on any atom is 0.222 e. The fourth-order valence-corrected chi connectivity index (χ4v) is 5.71. The molecular formula is C20H33N5O4S. The first-order valence-electron chi connectivity index (χ1n) is 10.7. The molecule has 0 aliphatic carbocycles. The maximum absolute atomic E-state index is 12.1. The number of amides is 1. The summed E-state index contributed by atoms with van der Waals surface area (Å²) in [5.41, 5.74) is 0. The number of hydrogen-bond acceptors (Lipinski definition) is 6. The van der Waals surface area contributed by atoms with Crippen LogP contribution in [0.15, 0.2) is 27.8 Å². The van der Waals surface area contributed by atoms with Crippen molar-refractivity contribution in [3.05, 3.63) is 24.2 Å². The monoisotopic (exact) mass is 439 g/mol. The summed E-state index contributed by atoms with van der Waals surface area (Å²) >= 11 is 0. The number of nitrogens with one attached hydrogen (secondary N) is 3. The largest absolute Gasteiger partial charge is 0.468 e. The van der Waals surface area contributed by atoms with E-state index in [0.717, 1.165) is 18.8 Å². The van der Waals surface area contributed by atoms with Crippen LogP contribution in [0, 0.1) is 0 Å². The normalized spacial score (nSPS) is 23.1. The highest BCUT2D eigenvalue weighted by Crippen LogP contribution is 2.24. The zero-order valence-electron chi connectivity index (χ0n) is 17.6. The van der Waals surface area contributed by atoms with Crippen molar-refractivity contribution in [3.63, 3.8) is 0 Å². The highest BCUT2D eigenvalue weighted by atomic mass is 32.2. The molecule has 0 aromatic carbocycles. The van der Waals surface area contributed by atoms with E-state index in [9.17, 15) is 13.2 Å². The lowest BCUT2D eigenvalue weighted by Crippen LogP contribution is -2.45. The Balaban J connectivity index is 1.42. The first kappa shape index (κ1) is 22.6. The van der Waals surface area contributed by atoms with E-state index in [1.54, 1.807) is 13.3 Å². The topological polar surface area (TPSA) is 116 Å². The Kier molecular flexibility index (Phi) is 8.15. The molecule has 2 unspecified atom stereocenters. The number of aliphatic imine (C=N–C) groups is 1. The summed E-state index contributed by atoms with van der Waals surface area (Å²) in [6.45, 7) is 3.17. The van der Waals surface area contributed by atoms with Gasteiger partial charge in [0, 0.05) is 32.6 Å². The van der Waals surface area contributed by atoms with Gasteiger partial charge >= 0.3 is 0 Å². The predicted molar refractivity (Wildman–Crippen MR) is 116 cm³/mol. The number of piperidine rings is 1. The van der Waals surface area contributed by atoms with Crippen molar-refractivity contribution < 1.29 is 17.6 Å². The zero-order valence-corrected chi connectivity index (χ0v) is 18.4. The molecule has 1 amide bonds. The molecule has 0 spiro atoms. The van der Waals surface area contributed by atoms with Crippen LogP contribution in [0.3, 0.4) is 0 Å². The van der Waals surface area contributed by atoms with Crippen molar-refractivity contribution in [1.82, 2.24) is 20.9 Å². The van der Waals surface area contributed by atoms with Crippen LogP contribution in [-0.2, 0) is 14.6 Å². The molecule has 1 aromatic rings. The van der Waals surface area contributed by atoms with Crippen LogP contribution >= 0.6 is 0 Å². The Labute approximate surface area is 178 Å². The van der Waals surface area contributed by atoms with E-state index in [0.29, 0.717) is 25.5 Å². The van der Waals surface area contributed by atoms with Gasteiger partial charge in [0.05, 0.1) is 23.8 Å². The fourth-order valence-electron chi connectivity index (χ4n) is 4.04. The first-order valence-corrected chi connectivity index (χ1v) is 12.5. The number of furan rings is 1. The van der Waals surface area contributed by atoms with E-state index in [-0.39, 0.29) is 35.9 Å². The number of carbonyl (C=O) groups excluding carboxylic acids is 1. The van der Waals surface area contributed by atoms with Crippen molar-refractivity contribution >= 4 is 21.7 Å². The summed E-state index contributed by atoms with van der Waals surface area (Å²) < 4.78 is 28.7. The van der Waals surface area contributed by atoms with Gasteiger partial charge in [-0.1, -0.05) is 6.42 Å².